The summed E-state index contributed by atoms with van der Waals surface area (Å²) in [5.74, 6) is -1.66. The second-order valence-corrected chi connectivity index (χ2v) is 8.41. The summed E-state index contributed by atoms with van der Waals surface area (Å²) in [6.07, 6.45) is 2.75. The molecule has 6 heteroatoms. The van der Waals surface area contributed by atoms with Crippen molar-refractivity contribution in [1.29, 1.82) is 0 Å². The van der Waals surface area contributed by atoms with Gasteiger partial charge in [-0.05, 0) is 62.1 Å². The van der Waals surface area contributed by atoms with Gasteiger partial charge in [0.2, 0.25) is 5.91 Å². The SMILES string of the molecule is Cc1ccc(-c2csc(NC(=O)[C@@H]3[C@H]4CC[C@@H](C4)[C@@H]3C(=O)O)n2)cc1C. The molecule has 1 aromatic heterocycles. The van der Waals surface area contributed by atoms with E-state index in [4.69, 9.17) is 0 Å². The van der Waals surface area contributed by atoms with Gasteiger partial charge in [0, 0.05) is 10.9 Å². The van der Waals surface area contributed by atoms with Crippen molar-refractivity contribution in [2.45, 2.75) is 33.1 Å². The molecule has 26 heavy (non-hydrogen) atoms. The second-order valence-electron chi connectivity index (χ2n) is 7.55. The number of thiazole rings is 1. The van der Waals surface area contributed by atoms with Gasteiger partial charge in [-0.3, -0.25) is 9.59 Å². The maximum Gasteiger partial charge on any atom is 0.307 e. The Morgan fingerprint density at radius 3 is 2.58 bits per heavy atom. The number of aromatic nitrogens is 1. The van der Waals surface area contributed by atoms with Crippen LogP contribution in [0.3, 0.4) is 0 Å². The lowest BCUT2D eigenvalue weighted by Gasteiger charge is -2.26. The number of anilines is 1. The number of carboxylic acid groups (broad SMARTS) is 1. The molecule has 0 saturated heterocycles. The standard InChI is InChI=1S/C20H22N2O3S/c1-10-3-4-12(7-11(10)2)15-9-26-20(21-15)22-18(23)16-13-5-6-14(8-13)17(16)19(24)25/h3-4,7,9,13-14,16-17H,5-6,8H2,1-2H3,(H,24,25)(H,21,22,23)/t13-,14-,16+,17-/m0/s1. The topological polar surface area (TPSA) is 79.3 Å². The zero-order valence-electron chi connectivity index (χ0n) is 14.9. The van der Waals surface area contributed by atoms with Crippen LogP contribution in [-0.2, 0) is 9.59 Å². The highest BCUT2D eigenvalue weighted by molar-refractivity contribution is 7.14. The van der Waals surface area contributed by atoms with Gasteiger partial charge >= 0.3 is 5.97 Å². The highest BCUT2D eigenvalue weighted by atomic mass is 32.1. The van der Waals surface area contributed by atoms with Crippen molar-refractivity contribution in [2.75, 3.05) is 5.32 Å². The third-order valence-electron chi connectivity index (χ3n) is 6.04. The number of rotatable bonds is 4. The Morgan fingerprint density at radius 2 is 1.88 bits per heavy atom. The van der Waals surface area contributed by atoms with E-state index < -0.39 is 17.8 Å². The van der Waals surface area contributed by atoms with Crippen molar-refractivity contribution in [3.8, 4) is 11.3 Å². The second kappa shape index (κ2) is 6.50. The summed E-state index contributed by atoms with van der Waals surface area (Å²) in [6.45, 7) is 4.13. The van der Waals surface area contributed by atoms with Crippen molar-refractivity contribution < 1.29 is 14.7 Å². The van der Waals surface area contributed by atoms with E-state index in [1.807, 2.05) is 11.4 Å². The van der Waals surface area contributed by atoms with Gasteiger partial charge in [-0.15, -0.1) is 11.3 Å². The predicted octanol–water partition coefficient (Wildman–Crippen LogP) is 4.11. The number of amides is 1. The molecule has 0 aliphatic heterocycles. The molecule has 2 N–H and O–H groups in total. The molecule has 5 nitrogen and oxygen atoms in total. The van der Waals surface area contributed by atoms with E-state index in [0.717, 1.165) is 30.5 Å². The number of carboxylic acids is 1. The van der Waals surface area contributed by atoms with Crippen molar-refractivity contribution in [3.63, 3.8) is 0 Å². The van der Waals surface area contributed by atoms with Gasteiger partial charge in [0.1, 0.15) is 0 Å². The molecule has 2 bridgehead atoms. The maximum absolute atomic E-state index is 12.8. The molecular weight excluding hydrogens is 348 g/mol. The third-order valence-corrected chi connectivity index (χ3v) is 6.80. The number of nitrogens with zero attached hydrogens (tertiary/aromatic N) is 1. The van der Waals surface area contributed by atoms with Gasteiger partial charge in [-0.1, -0.05) is 12.1 Å². The Bertz CT molecular complexity index is 876. The van der Waals surface area contributed by atoms with Crippen LogP contribution in [0.25, 0.3) is 11.3 Å². The molecule has 1 heterocycles. The lowest BCUT2D eigenvalue weighted by atomic mass is 9.79. The summed E-state index contributed by atoms with van der Waals surface area (Å²) >= 11 is 1.38. The van der Waals surface area contributed by atoms with E-state index in [1.165, 1.54) is 22.5 Å². The minimum absolute atomic E-state index is 0.149. The van der Waals surface area contributed by atoms with Gasteiger partial charge in [0.15, 0.2) is 5.13 Å². The van der Waals surface area contributed by atoms with Gasteiger partial charge < -0.3 is 10.4 Å². The summed E-state index contributed by atoms with van der Waals surface area (Å²) < 4.78 is 0. The molecule has 2 aromatic rings. The molecular formula is C20H22N2O3S. The number of hydrogen-bond acceptors (Lipinski definition) is 4. The summed E-state index contributed by atoms with van der Waals surface area (Å²) in [5.41, 5.74) is 4.28. The molecule has 2 aliphatic carbocycles. The molecule has 0 unspecified atom stereocenters. The van der Waals surface area contributed by atoms with Crippen LogP contribution in [-0.4, -0.2) is 22.0 Å². The van der Waals surface area contributed by atoms with E-state index in [0.29, 0.717) is 5.13 Å². The average Bonchev–Trinajstić information content (AvgIpc) is 3.32. The quantitative estimate of drug-likeness (QED) is 0.849. The smallest absolute Gasteiger partial charge is 0.307 e. The Kier molecular flexibility index (Phi) is 4.31. The van der Waals surface area contributed by atoms with Crippen LogP contribution in [0, 0.1) is 37.5 Å². The Hall–Kier alpha value is -2.21. The van der Waals surface area contributed by atoms with Crippen LogP contribution in [0.4, 0.5) is 5.13 Å². The van der Waals surface area contributed by atoms with E-state index >= 15 is 0 Å². The van der Waals surface area contributed by atoms with Crippen LogP contribution < -0.4 is 5.32 Å². The number of aryl methyl sites for hydroxylation is 2. The highest BCUT2D eigenvalue weighted by Crippen LogP contribution is 2.52. The van der Waals surface area contributed by atoms with E-state index in [1.54, 1.807) is 0 Å². The molecule has 4 rings (SSSR count). The molecule has 1 aromatic carbocycles. The van der Waals surface area contributed by atoms with Crippen LogP contribution in [0.5, 0.6) is 0 Å². The lowest BCUT2D eigenvalue weighted by molar-refractivity contribution is -0.148. The monoisotopic (exact) mass is 370 g/mol. The molecule has 0 radical (unpaired) electrons. The summed E-state index contributed by atoms with van der Waals surface area (Å²) in [5, 5.41) is 14.9. The number of nitrogens with one attached hydrogen (secondary N) is 1. The molecule has 4 atom stereocenters. The fourth-order valence-corrected chi connectivity index (χ4v) is 5.30. The summed E-state index contributed by atoms with van der Waals surface area (Å²) in [6, 6.07) is 6.18. The van der Waals surface area contributed by atoms with Crippen molar-refractivity contribution in [2.24, 2.45) is 23.7 Å². The average molecular weight is 370 g/mol. The Labute approximate surface area is 156 Å². The summed E-state index contributed by atoms with van der Waals surface area (Å²) in [7, 11) is 0. The first-order valence-electron chi connectivity index (χ1n) is 9.01. The van der Waals surface area contributed by atoms with E-state index in [9.17, 15) is 14.7 Å². The lowest BCUT2D eigenvalue weighted by Crippen LogP contribution is -2.37. The van der Waals surface area contributed by atoms with Gasteiger partial charge in [-0.2, -0.15) is 0 Å². The fourth-order valence-electron chi connectivity index (χ4n) is 4.58. The predicted molar refractivity (Wildman–Crippen MR) is 101 cm³/mol. The minimum Gasteiger partial charge on any atom is -0.481 e. The Balaban J connectivity index is 1.51. The number of benzene rings is 1. The van der Waals surface area contributed by atoms with Crippen molar-refractivity contribution in [1.82, 2.24) is 4.98 Å². The van der Waals surface area contributed by atoms with Gasteiger partial charge in [0.05, 0.1) is 17.5 Å². The minimum atomic E-state index is -0.840. The van der Waals surface area contributed by atoms with Crippen LogP contribution in [0.15, 0.2) is 23.6 Å². The Morgan fingerprint density at radius 1 is 1.15 bits per heavy atom. The molecule has 2 aliphatic rings. The van der Waals surface area contributed by atoms with Gasteiger partial charge in [-0.25, -0.2) is 4.98 Å². The molecule has 136 valence electrons. The first kappa shape index (κ1) is 17.2. The number of fused-ring (bicyclic) bond motifs is 2. The van der Waals surface area contributed by atoms with Gasteiger partial charge in [0.25, 0.3) is 0 Å². The molecule has 1 amide bonds. The normalized spacial score (nSPS) is 26.8. The number of carbonyl (C=O) groups is 2. The third kappa shape index (κ3) is 2.92. The largest absolute Gasteiger partial charge is 0.481 e. The fraction of sp³-hybridized carbons (Fsp3) is 0.450. The number of carbonyl (C=O) groups excluding carboxylic acids is 1. The zero-order valence-corrected chi connectivity index (χ0v) is 15.7. The van der Waals surface area contributed by atoms with Crippen molar-refractivity contribution in [3.05, 3.63) is 34.7 Å². The number of hydrogen-bond donors (Lipinski definition) is 2. The number of aliphatic carboxylic acids is 1. The molecule has 2 saturated carbocycles. The van der Waals surface area contributed by atoms with Crippen LogP contribution in [0.2, 0.25) is 0 Å². The van der Waals surface area contributed by atoms with E-state index in [-0.39, 0.29) is 17.7 Å². The molecule has 2 fully saturated rings. The summed E-state index contributed by atoms with van der Waals surface area (Å²) in [4.78, 5) is 28.9. The molecule has 0 spiro atoms. The van der Waals surface area contributed by atoms with E-state index in [2.05, 4.69) is 36.3 Å². The maximum atomic E-state index is 12.8. The zero-order chi connectivity index (χ0) is 18.4. The van der Waals surface area contributed by atoms with Crippen LogP contribution >= 0.6 is 11.3 Å². The first-order chi connectivity index (χ1) is 12.4. The van der Waals surface area contributed by atoms with Crippen LogP contribution in [0.1, 0.15) is 30.4 Å². The van der Waals surface area contributed by atoms with Crippen molar-refractivity contribution >= 4 is 28.3 Å². The first-order valence-corrected chi connectivity index (χ1v) is 9.89. The highest BCUT2D eigenvalue weighted by Gasteiger charge is 2.54.